The highest BCUT2D eigenvalue weighted by Gasteiger charge is 2.10. The molecule has 0 bridgehead atoms. The van der Waals surface area contributed by atoms with Gasteiger partial charge in [0.05, 0.1) is 0 Å². The van der Waals surface area contributed by atoms with Gasteiger partial charge in [0.2, 0.25) is 0 Å². The molecule has 0 saturated heterocycles. The SMILES string of the molecule is CCOCCC(CNC)Cc1ccccc1Br. The average molecular weight is 300 g/mol. The molecule has 1 rings (SSSR count). The Bertz CT molecular complexity index is 317. The molecule has 17 heavy (non-hydrogen) atoms. The molecule has 1 unspecified atom stereocenters. The van der Waals surface area contributed by atoms with Crippen LogP contribution in [0.1, 0.15) is 18.9 Å². The van der Waals surface area contributed by atoms with Gasteiger partial charge in [0, 0.05) is 17.7 Å². The van der Waals surface area contributed by atoms with Crippen molar-refractivity contribution in [1.82, 2.24) is 5.32 Å². The van der Waals surface area contributed by atoms with Crippen molar-refractivity contribution in [3.05, 3.63) is 34.3 Å². The van der Waals surface area contributed by atoms with Crippen molar-refractivity contribution >= 4 is 15.9 Å². The first-order valence-electron chi connectivity index (χ1n) is 6.23. The Hall–Kier alpha value is -0.380. The van der Waals surface area contributed by atoms with Gasteiger partial charge in [-0.2, -0.15) is 0 Å². The Balaban J connectivity index is 2.50. The highest BCUT2D eigenvalue weighted by Crippen LogP contribution is 2.20. The summed E-state index contributed by atoms with van der Waals surface area (Å²) in [5, 5.41) is 3.26. The summed E-state index contributed by atoms with van der Waals surface area (Å²) in [6.07, 6.45) is 2.20. The summed E-state index contributed by atoms with van der Waals surface area (Å²) >= 11 is 3.61. The van der Waals surface area contributed by atoms with Crippen LogP contribution in [-0.4, -0.2) is 26.8 Å². The number of rotatable bonds is 8. The predicted octanol–water partition coefficient (Wildman–Crippen LogP) is 3.25. The third kappa shape index (κ3) is 5.66. The molecule has 3 heteroatoms. The number of hydrogen-bond donors (Lipinski definition) is 1. The summed E-state index contributed by atoms with van der Waals surface area (Å²) in [4.78, 5) is 0. The maximum Gasteiger partial charge on any atom is 0.0469 e. The lowest BCUT2D eigenvalue weighted by Gasteiger charge is -2.17. The van der Waals surface area contributed by atoms with Crippen LogP contribution in [0.15, 0.2) is 28.7 Å². The molecule has 0 spiro atoms. The zero-order valence-electron chi connectivity index (χ0n) is 10.7. The minimum absolute atomic E-state index is 0.630. The van der Waals surface area contributed by atoms with Crippen molar-refractivity contribution in [3.8, 4) is 0 Å². The standard InChI is InChI=1S/C14H22BrNO/c1-3-17-9-8-12(11-16-2)10-13-6-4-5-7-14(13)15/h4-7,12,16H,3,8-11H2,1-2H3. The molecule has 0 fully saturated rings. The average Bonchev–Trinajstić information content (AvgIpc) is 2.32. The Kier molecular flexibility index (Phi) is 7.49. The van der Waals surface area contributed by atoms with Gasteiger partial charge in [-0.05, 0) is 50.9 Å². The molecule has 1 aromatic carbocycles. The Morgan fingerprint density at radius 2 is 2.12 bits per heavy atom. The lowest BCUT2D eigenvalue weighted by Crippen LogP contribution is -2.22. The fraction of sp³-hybridized carbons (Fsp3) is 0.571. The number of ether oxygens (including phenoxy) is 1. The van der Waals surface area contributed by atoms with Crippen molar-refractivity contribution < 1.29 is 4.74 Å². The smallest absolute Gasteiger partial charge is 0.0469 e. The molecule has 0 aliphatic heterocycles. The highest BCUT2D eigenvalue weighted by atomic mass is 79.9. The second-order valence-electron chi connectivity index (χ2n) is 4.20. The molecule has 0 saturated carbocycles. The molecule has 2 nitrogen and oxygen atoms in total. The van der Waals surface area contributed by atoms with Crippen LogP contribution >= 0.6 is 15.9 Å². The van der Waals surface area contributed by atoms with E-state index in [1.165, 1.54) is 10.0 Å². The van der Waals surface area contributed by atoms with Crippen LogP contribution in [-0.2, 0) is 11.2 Å². The maximum absolute atomic E-state index is 5.44. The molecular formula is C14H22BrNO. The summed E-state index contributed by atoms with van der Waals surface area (Å²) in [6, 6.07) is 8.45. The van der Waals surface area contributed by atoms with E-state index in [2.05, 4.69) is 45.5 Å². The fourth-order valence-electron chi connectivity index (χ4n) is 1.93. The minimum atomic E-state index is 0.630. The van der Waals surface area contributed by atoms with Crippen LogP contribution in [0, 0.1) is 5.92 Å². The van der Waals surface area contributed by atoms with Gasteiger partial charge in [0.1, 0.15) is 0 Å². The highest BCUT2D eigenvalue weighted by molar-refractivity contribution is 9.10. The van der Waals surface area contributed by atoms with Crippen molar-refractivity contribution in [1.29, 1.82) is 0 Å². The van der Waals surface area contributed by atoms with E-state index in [-0.39, 0.29) is 0 Å². The van der Waals surface area contributed by atoms with Gasteiger partial charge in [0.25, 0.3) is 0 Å². The van der Waals surface area contributed by atoms with E-state index in [0.29, 0.717) is 5.92 Å². The second kappa shape index (κ2) is 8.67. The summed E-state index contributed by atoms with van der Waals surface area (Å²) in [7, 11) is 2.01. The van der Waals surface area contributed by atoms with E-state index in [1.54, 1.807) is 0 Å². The molecule has 96 valence electrons. The van der Waals surface area contributed by atoms with Crippen LogP contribution < -0.4 is 5.32 Å². The molecule has 1 atom stereocenters. The minimum Gasteiger partial charge on any atom is -0.382 e. The fourth-order valence-corrected chi connectivity index (χ4v) is 2.38. The van der Waals surface area contributed by atoms with Crippen molar-refractivity contribution in [3.63, 3.8) is 0 Å². The van der Waals surface area contributed by atoms with Gasteiger partial charge in [-0.25, -0.2) is 0 Å². The van der Waals surface area contributed by atoms with Crippen molar-refractivity contribution in [2.24, 2.45) is 5.92 Å². The van der Waals surface area contributed by atoms with Gasteiger partial charge in [0.15, 0.2) is 0 Å². The molecule has 1 N–H and O–H groups in total. The van der Waals surface area contributed by atoms with Gasteiger partial charge >= 0.3 is 0 Å². The monoisotopic (exact) mass is 299 g/mol. The van der Waals surface area contributed by atoms with E-state index >= 15 is 0 Å². The van der Waals surface area contributed by atoms with Gasteiger partial charge in [-0.1, -0.05) is 34.1 Å². The molecule has 0 amide bonds. The van der Waals surface area contributed by atoms with Crippen molar-refractivity contribution in [2.75, 3.05) is 26.8 Å². The van der Waals surface area contributed by atoms with Crippen LogP contribution in [0.4, 0.5) is 0 Å². The Labute approximate surface area is 113 Å². The summed E-state index contributed by atoms with van der Waals surface area (Å²) in [6.45, 7) is 4.74. The third-order valence-corrected chi connectivity index (χ3v) is 3.61. The van der Waals surface area contributed by atoms with E-state index in [1.807, 2.05) is 14.0 Å². The molecular weight excluding hydrogens is 278 g/mol. The van der Waals surface area contributed by atoms with Gasteiger partial charge < -0.3 is 10.1 Å². The van der Waals surface area contributed by atoms with Crippen molar-refractivity contribution in [2.45, 2.75) is 19.8 Å². The first-order valence-corrected chi connectivity index (χ1v) is 7.03. The van der Waals surface area contributed by atoms with Crippen LogP contribution in [0.5, 0.6) is 0 Å². The van der Waals surface area contributed by atoms with Crippen LogP contribution in [0.2, 0.25) is 0 Å². The van der Waals surface area contributed by atoms with E-state index < -0.39 is 0 Å². The molecule has 0 heterocycles. The normalized spacial score (nSPS) is 12.6. The second-order valence-corrected chi connectivity index (χ2v) is 5.06. The van der Waals surface area contributed by atoms with E-state index in [4.69, 9.17) is 4.74 Å². The number of halogens is 1. The summed E-state index contributed by atoms with van der Waals surface area (Å²) in [5.74, 6) is 0.630. The molecule has 1 aromatic rings. The molecule has 0 aliphatic carbocycles. The first kappa shape index (κ1) is 14.7. The van der Waals surface area contributed by atoms with Gasteiger partial charge in [-0.3, -0.25) is 0 Å². The van der Waals surface area contributed by atoms with E-state index in [9.17, 15) is 0 Å². The topological polar surface area (TPSA) is 21.3 Å². The Morgan fingerprint density at radius 3 is 2.76 bits per heavy atom. The maximum atomic E-state index is 5.44. The van der Waals surface area contributed by atoms with E-state index in [0.717, 1.165) is 32.6 Å². The lowest BCUT2D eigenvalue weighted by atomic mass is 9.96. The number of hydrogen-bond acceptors (Lipinski definition) is 2. The summed E-state index contributed by atoms with van der Waals surface area (Å²) in [5.41, 5.74) is 1.38. The summed E-state index contributed by atoms with van der Waals surface area (Å²) < 4.78 is 6.64. The largest absolute Gasteiger partial charge is 0.382 e. The lowest BCUT2D eigenvalue weighted by molar-refractivity contribution is 0.132. The predicted molar refractivity (Wildman–Crippen MR) is 76.4 cm³/mol. The molecule has 0 aliphatic rings. The molecule has 0 aromatic heterocycles. The Morgan fingerprint density at radius 1 is 1.35 bits per heavy atom. The zero-order chi connectivity index (χ0) is 12.5. The van der Waals surface area contributed by atoms with Crippen LogP contribution in [0.3, 0.4) is 0 Å². The number of nitrogens with one attached hydrogen (secondary N) is 1. The first-order chi connectivity index (χ1) is 8.27. The molecule has 0 radical (unpaired) electrons. The zero-order valence-corrected chi connectivity index (χ0v) is 12.3. The van der Waals surface area contributed by atoms with Gasteiger partial charge in [-0.15, -0.1) is 0 Å². The third-order valence-electron chi connectivity index (χ3n) is 2.83. The quantitative estimate of drug-likeness (QED) is 0.744. The number of benzene rings is 1. The van der Waals surface area contributed by atoms with Crippen LogP contribution in [0.25, 0.3) is 0 Å².